The molecule has 1 heterocycles. The van der Waals surface area contributed by atoms with Gasteiger partial charge in [-0.2, -0.15) is 0 Å². The minimum Gasteiger partial charge on any atom is -0.496 e. The van der Waals surface area contributed by atoms with Crippen molar-refractivity contribution < 1.29 is 9.47 Å². The molecule has 23 heavy (non-hydrogen) atoms. The monoisotopic (exact) mass is 310 g/mol. The molecule has 121 valence electrons. The Morgan fingerprint density at radius 1 is 0.957 bits per heavy atom. The lowest BCUT2D eigenvalue weighted by molar-refractivity contribution is 0.329. The zero-order valence-corrected chi connectivity index (χ0v) is 14.0. The summed E-state index contributed by atoms with van der Waals surface area (Å²) >= 11 is 0. The Kier molecular flexibility index (Phi) is 4.87. The lowest BCUT2D eigenvalue weighted by Gasteiger charge is -2.19. The topological polar surface area (TPSA) is 21.7 Å². The van der Waals surface area contributed by atoms with E-state index < -0.39 is 0 Å². The Morgan fingerprint density at radius 3 is 2.04 bits per heavy atom. The van der Waals surface area contributed by atoms with Crippen molar-refractivity contribution in [3.8, 4) is 22.6 Å². The second kappa shape index (κ2) is 7.05. The van der Waals surface area contributed by atoms with E-state index in [9.17, 15) is 0 Å². The predicted molar refractivity (Wildman–Crippen MR) is 94.0 cm³/mol. The molecule has 0 amide bonds. The molecule has 0 unspecified atom stereocenters. The van der Waals surface area contributed by atoms with Crippen LogP contribution < -0.4 is 9.47 Å². The highest BCUT2D eigenvalue weighted by Crippen LogP contribution is 2.40. The molecule has 1 aliphatic rings. The molecule has 0 N–H and O–H groups in total. The number of likely N-dealkylation sites (tertiary alicyclic amines) is 1. The molecule has 1 radical (unpaired) electrons. The number of nitrogens with zero attached hydrogens (tertiary/aromatic N) is 1. The lowest BCUT2D eigenvalue weighted by Crippen LogP contribution is -2.18. The molecule has 0 aliphatic carbocycles. The van der Waals surface area contributed by atoms with Crippen LogP contribution in [-0.4, -0.2) is 32.2 Å². The number of benzene rings is 2. The quantitative estimate of drug-likeness (QED) is 0.828. The average molecular weight is 310 g/mol. The fourth-order valence-corrected chi connectivity index (χ4v) is 3.21. The van der Waals surface area contributed by atoms with Gasteiger partial charge in [-0.3, -0.25) is 4.90 Å². The highest BCUT2D eigenvalue weighted by molar-refractivity contribution is 5.77. The van der Waals surface area contributed by atoms with E-state index >= 15 is 0 Å². The van der Waals surface area contributed by atoms with Crippen molar-refractivity contribution in [3.05, 3.63) is 54.4 Å². The van der Waals surface area contributed by atoms with Gasteiger partial charge in [-0.05, 0) is 61.7 Å². The predicted octanol–water partition coefficient (Wildman–Crippen LogP) is 4.15. The molecule has 1 saturated heterocycles. The second-order valence-corrected chi connectivity index (χ2v) is 6.06. The van der Waals surface area contributed by atoms with Crippen LogP contribution in [-0.2, 0) is 6.54 Å². The Bertz CT molecular complexity index is 633. The largest absolute Gasteiger partial charge is 0.496 e. The van der Waals surface area contributed by atoms with Crippen LogP contribution in [0.25, 0.3) is 11.1 Å². The molecule has 0 atom stereocenters. The van der Waals surface area contributed by atoms with E-state index in [1.165, 1.54) is 31.5 Å². The SMILES string of the molecule is [CH2]c1ccc(-c2c(OC)cc(CN3CCCC3)cc2OC)cc1. The first-order chi connectivity index (χ1) is 11.2. The number of hydrogen-bond donors (Lipinski definition) is 0. The van der Waals surface area contributed by atoms with Crippen LogP contribution >= 0.6 is 0 Å². The van der Waals surface area contributed by atoms with Crippen molar-refractivity contribution in [2.75, 3.05) is 27.3 Å². The molecule has 0 saturated carbocycles. The summed E-state index contributed by atoms with van der Waals surface area (Å²) in [6.07, 6.45) is 2.59. The Morgan fingerprint density at radius 2 is 1.52 bits per heavy atom. The van der Waals surface area contributed by atoms with Crippen molar-refractivity contribution in [2.24, 2.45) is 0 Å². The second-order valence-electron chi connectivity index (χ2n) is 6.06. The van der Waals surface area contributed by atoms with Gasteiger partial charge >= 0.3 is 0 Å². The van der Waals surface area contributed by atoms with Gasteiger partial charge in [0.05, 0.1) is 19.8 Å². The third-order valence-electron chi connectivity index (χ3n) is 4.41. The van der Waals surface area contributed by atoms with Crippen molar-refractivity contribution in [1.82, 2.24) is 4.90 Å². The van der Waals surface area contributed by atoms with Crippen LogP contribution in [0, 0.1) is 6.92 Å². The average Bonchev–Trinajstić information content (AvgIpc) is 3.08. The zero-order chi connectivity index (χ0) is 16.2. The van der Waals surface area contributed by atoms with Crippen LogP contribution in [0.3, 0.4) is 0 Å². The van der Waals surface area contributed by atoms with Crippen molar-refractivity contribution in [1.29, 1.82) is 0 Å². The van der Waals surface area contributed by atoms with Crippen molar-refractivity contribution >= 4 is 0 Å². The van der Waals surface area contributed by atoms with E-state index in [4.69, 9.17) is 9.47 Å². The van der Waals surface area contributed by atoms with Crippen LogP contribution in [0.2, 0.25) is 0 Å². The molecule has 3 heteroatoms. The maximum Gasteiger partial charge on any atom is 0.130 e. The minimum absolute atomic E-state index is 0.857. The fraction of sp³-hybridized carbons (Fsp3) is 0.350. The molecule has 0 aromatic heterocycles. The summed E-state index contributed by atoms with van der Waals surface area (Å²) in [5, 5.41) is 0. The van der Waals surface area contributed by atoms with Gasteiger partial charge in [-0.1, -0.05) is 24.3 Å². The van der Waals surface area contributed by atoms with Gasteiger partial charge in [0.1, 0.15) is 11.5 Å². The maximum absolute atomic E-state index is 5.66. The van der Waals surface area contributed by atoms with E-state index in [2.05, 4.69) is 36.1 Å². The fourth-order valence-electron chi connectivity index (χ4n) is 3.21. The Labute approximate surface area is 138 Å². The van der Waals surface area contributed by atoms with E-state index in [1.807, 2.05) is 12.1 Å². The molecule has 0 bridgehead atoms. The number of rotatable bonds is 5. The standard InChI is InChI=1S/C20H24NO2/c1-15-6-8-17(9-7-15)20-18(22-2)12-16(13-19(20)23-3)14-21-10-4-5-11-21/h6-9,12-13H,1,4-5,10-11,14H2,2-3H3. The van der Waals surface area contributed by atoms with E-state index in [1.54, 1.807) is 14.2 Å². The van der Waals surface area contributed by atoms with Gasteiger partial charge in [0, 0.05) is 6.54 Å². The maximum atomic E-state index is 5.66. The normalized spacial score (nSPS) is 14.9. The third kappa shape index (κ3) is 3.50. The van der Waals surface area contributed by atoms with Gasteiger partial charge < -0.3 is 9.47 Å². The van der Waals surface area contributed by atoms with Gasteiger partial charge in [-0.15, -0.1) is 0 Å². The summed E-state index contributed by atoms with van der Waals surface area (Å²) in [7, 11) is 3.43. The van der Waals surface area contributed by atoms with Crippen LogP contribution in [0.1, 0.15) is 24.0 Å². The summed E-state index contributed by atoms with van der Waals surface area (Å²) in [6.45, 7) is 7.25. The molecular weight excluding hydrogens is 286 g/mol. The Balaban J connectivity index is 1.99. The highest BCUT2D eigenvalue weighted by Gasteiger charge is 2.17. The van der Waals surface area contributed by atoms with E-state index in [0.29, 0.717) is 0 Å². The van der Waals surface area contributed by atoms with Crippen LogP contribution in [0.4, 0.5) is 0 Å². The van der Waals surface area contributed by atoms with Crippen LogP contribution in [0.15, 0.2) is 36.4 Å². The van der Waals surface area contributed by atoms with Gasteiger partial charge in [0.25, 0.3) is 0 Å². The summed E-state index contributed by atoms with van der Waals surface area (Å²) in [5.74, 6) is 1.71. The molecular formula is C20H24NO2. The summed E-state index contributed by atoms with van der Waals surface area (Å²) in [4.78, 5) is 2.48. The molecule has 1 fully saturated rings. The lowest BCUT2D eigenvalue weighted by atomic mass is 10.00. The molecule has 2 aromatic carbocycles. The zero-order valence-electron chi connectivity index (χ0n) is 14.0. The smallest absolute Gasteiger partial charge is 0.130 e. The first kappa shape index (κ1) is 15.9. The molecule has 1 aliphatic heterocycles. The summed E-state index contributed by atoms with van der Waals surface area (Å²) in [5.41, 5.74) is 4.31. The van der Waals surface area contributed by atoms with Crippen molar-refractivity contribution in [2.45, 2.75) is 19.4 Å². The minimum atomic E-state index is 0.857. The van der Waals surface area contributed by atoms with Gasteiger partial charge in [-0.25, -0.2) is 0 Å². The molecule has 3 nitrogen and oxygen atoms in total. The van der Waals surface area contributed by atoms with E-state index in [0.717, 1.165) is 34.7 Å². The highest BCUT2D eigenvalue weighted by atomic mass is 16.5. The first-order valence-corrected chi connectivity index (χ1v) is 8.11. The van der Waals surface area contributed by atoms with Gasteiger partial charge in [0.15, 0.2) is 0 Å². The van der Waals surface area contributed by atoms with Crippen molar-refractivity contribution in [3.63, 3.8) is 0 Å². The molecule has 2 aromatic rings. The number of methoxy groups -OCH3 is 2. The first-order valence-electron chi connectivity index (χ1n) is 8.11. The molecule has 3 rings (SSSR count). The number of hydrogen-bond acceptors (Lipinski definition) is 3. The summed E-state index contributed by atoms with van der Waals surface area (Å²) in [6, 6.07) is 12.4. The number of ether oxygens (including phenoxy) is 2. The Hall–Kier alpha value is -2.00. The van der Waals surface area contributed by atoms with E-state index in [-0.39, 0.29) is 0 Å². The third-order valence-corrected chi connectivity index (χ3v) is 4.41. The summed E-state index contributed by atoms with van der Waals surface area (Å²) < 4.78 is 11.3. The molecule has 0 spiro atoms. The van der Waals surface area contributed by atoms with Gasteiger partial charge in [0.2, 0.25) is 0 Å². The van der Waals surface area contributed by atoms with Crippen LogP contribution in [0.5, 0.6) is 11.5 Å².